The average molecular weight is 563 g/mol. The molecule has 4 aromatic rings. The first-order valence-corrected chi connectivity index (χ1v) is 16.5. The summed E-state index contributed by atoms with van der Waals surface area (Å²) in [6.45, 7) is 11.9. The number of nitrogens with one attached hydrogen (secondary N) is 1. The Kier molecular flexibility index (Phi) is 7.48. The van der Waals surface area contributed by atoms with Gasteiger partial charge >= 0.3 is 0 Å². The number of pyridine rings is 1. The van der Waals surface area contributed by atoms with Crippen molar-refractivity contribution in [3.63, 3.8) is 0 Å². The second-order valence-corrected chi connectivity index (χ2v) is 14.2. The van der Waals surface area contributed by atoms with E-state index in [-0.39, 0.29) is 11.8 Å². The van der Waals surface area contributed by atoms with Gasteiger partial charge in [0, 0.05) is 41.8 Å². The number of nitrogens with zero attached hydrogens (tertiary/aromatic N) is 5. The van der Waals surface area contributed by atoms with E-state index in [0.717, 1.165) is 73.2 Å². The summed E-state index contributed by atoms with van der Waals surface area (Å²) in [5.41, 5.74) is 8.15. The minimum absolute atomic E-state index is 0.0425. The van der Waals surface area contributed by atoms with E-state index < -0.39 is 10.0 Å². The second kappa shape index (κ2) is 10.9. The maximum atomic E-state index is 13.0. The summed E-state index contributed by atoms with van der Waals surface area (Å²) in [4.78, 5) is 10.5. The van der Waals surface area contributed by atoms with Crippen molar-refractivity contribution in [3.8, 4) is 11.3 Å². The van der Waals surface area contributed by atoms with Gasteiger partial charge in [-0.1, -0.05) is 26.3 Å². The van der Waals surface area contributed by atoms with Crippen molar-refractivity contribution in [1.82, 2.24) is 28.8 Å². The van der Waals surface area contributed by atoms with Crippen LogP contribution in [0.3, 0.4) is 0 Å². The van der Waals surface area contributed by atoms with Gasteiger partial charge in [-0.2, -0.15) is 5.10 Å². The van der Waals surface area contributed by atoms with E-state index in [4.69, 9.17) is 0 Å². The molecular formula is C31H42N6O2S. The number of rotatable bonds is 7. The predicted octanol–water partition coefficient (Wildman–Crippen LogP) is 5.69. The molecule has 2 aliphatic rings. The summed E-state index contributed by atoms with van der Waals surface area (Å²) in [5.74, 6) is 1.07. The zero-order valence-electron chi connectivity index (χ0n) is 24.2. The molecule has 6 rings (SSSR count). The number of fused-ring (bicyclic) bond motifs is 2. The Morgan fingerprint density at radius 2 is 1.77 bits per heavy atom. The Bertz CT molecular complexity index is 1610. The van der Waals surface area contributed by atoms with Crippen LogP contribution < -0.4 is 0 Å². The van der Waals surface area contributed by atoms with Gasteiger partial charge < -0.3 is 4.98 Å². The van der Waals surface area contributed by atoms with E-state index in [1.54, 1.807) is 10.6 Å². The third kappa shape index (κ3) is 5.19. The monoisotopic (exact) mass is 562 g/mol. The van der Waals surface area contributed by atoms with Gasteiger partial charge in [0.15, 0.2) is 5.65 Å². The Morgan fingerprint density at radius 1 is 1.02 bits per heavy atom. The molecule has 2 saturated heterocycles. The first-order chi connectivity index (χ1) is 19.2. The van der Waals surface area contributed by atoms with Crippen molar-refractivity contribution in [3.05, 3.63) is 53.5 Å². The van der Waals surface area contributed by atoms with Crippen molar-refractivity contribution in [2.75, 3.05) is 31.9 Å². The van der Waals surface area contributed by atoms with Crippen LogP contribution in [0.25, 0.3) is 27.8 Å². The van der Waals surface area contributed by atoms with Crippen LogP contribution in [0.2, 0.25) is 0 Å². The number of sulfonamides is 1. The van der Waals surface area contributed by atoms with Crippen LogP contribution in [-0.2, 0) is 10.0 Å². The summed E-state index contributed by atoms with van der Waals surface area (Å²) in [7, 11) is -3.19. The number of aromatic amines is 1. The van der Waals surface area contributed by atoms with Crippen LogP contribution in [0, 0.1) is 6.92 Å². The summed E-state index contributed by atoms with van der Waals surface area (Å²) in [6.07, 6.45) is 8.89. The number of hydrogen-bond donors (Lipinski definition) is 1. The zero-order valence-corrected chi connectivity index (χ0v) is 25.0. The number of likely N-dealkylation sites (tertiary alicyclic amines) is 1. The molecule has 8 nitrogen and oxygen atoms in total. The van der Waals surface area contributed by atoms with Gasteiger partial charge in [-0.15, -0.1) is 0 Å². The molecular weight excluding hydrogens is 520 g/mol. The summed E-state index contributed by atoms with van der Waals surface area (Å²) >= 11 is 0. The Balaban J connectivity index is 1.20. The lowest BCUT2D eigenvalue weighted by molar-refractivity contribution is 0.172. The fourth-order valence-electron chi connectivity index (χ4n) is 6.87. The van der Waals surface area contributed by atoms with E-state index >= 15 is 0 Å². The molecule has 2 fully saturated rings. The average Bonchev–Trinajstić information content (AvgIpc) is 3.58. The van der Waals surface area contributed by atoms with Crippen molar-refractivity contribution in [2.45, 2.75) is 77.7 Å². The lowest BCUT2D eigenvalue weighted by atomic mass is 9.87. The number of piperidine rings is 2. The molecule has 0 amide bonds. The highest BCUT2D eigenvalue weighted by molar-refractivity contribution is 7.89. The smallest absolute Gasteiger partial charge is 0.215 e. The molecule has 0 aliphatic carbocycles. The molecule has 9 heteroatoms. The molecule has 1 unspecified atom stereocenters. The summed E-state index contributed by atoms with van der Waals surface area (Å²) < 4.78 is 29.6. The van der Waals surface area contributed by atoms with Crippen molar-refractivity contribution in [1.29, 1.82) is 0 Å². The number of benzene rings is 1. The molecule has 5 heterocycles. The first-order valence-electron chi connectivity index (χ1n) is 14.9. The largest absolute Gasteiger partial charge is 0.354 e. The van der Waals surface area contributed by atoms with Gasteiger partial charge in [0.1, 0.15) is 6.33 Å². The third-order valence-corrected chi connectivity index (χ3v) is 11.1. The Labute approximate surface area is 237 Å². The van der Waals surface area contributed by atoms with E-state index in [0.29, 0.717) is 24.9 Å². The molecule has 0 saturated carbocycles. The molecule has 1 atom stereocenters. The van der Waals surface area contributed by atoms with Crippen molar-refractivity contribution < 1.29 is 8.42 Å². The standard InChI is InChI=1S/C31H42N6O2S/c1-21(2)29-27-17-25(8-9-28(27)34-30(29)26-16-22(3)31-32-20-33-37(31)18-26)24-10-14-35(15-11-24)23(4)19-40(38,39)36-12-6-5-7-13-36/h8-9,16-18,20-21,23-24,34H,5-7,10-15,19H2,1-4H3. The summed E-state index contributed by atoms with van der Waals surface area (Å²) in [6, 6.07) is 9.16. The van der Waals surface area contributed by atoms with Gasteiger partial charge in [0.05, 0.1) is 11.4 Å². The molecule has 2 aliphatic heterocycles. The molecule has 1 aromatic carbocycles. The maximum Gasteiger partial charge on any atom is 0.215 e. The number of aromatic nitrogens is 4. The topological polar surface area (TPSA) is 86.6 Å². The van der Waals surface area contributed by atoms with Crippen molar-refractivity contribution in [2.24, 2.45) is 0 Å². The minimum atomic E-state index is -3.19. The van der Waals surface area contributed by atoms with E-state index in [9.17, 15) is 8.42 Å². The van der Waals surface area contributed by atoms with E-state index in [2.05, 4.69) is 78.1 Å². The van der Waals surface area contributed by atoms with Gasteiger partial charge in [-0.25, -0.2) is 22.2 Å². The molecule has 214 valence electrons. The second-order valence-electron chi connectivity index (χ2n) is 12.2. The molecule has 40 heavy (non-hydrogen) atoms. The Hall–Kier alpha value is -2.75. The lowest BCUT2D eigenvalue weighted by Gasteiger charge is -2.37. The van der Waals surface area contributed by atoms with E-state index in [1.165, 1.54) is 16.5 Å². The van der Waals surface area contributed by atoms with Gasteiger partial charge in [-0.05, 0) is 99.3 Å². The van der Waals surface area contributed by atoms with Crippen LogP contribution in [-0.4, -0.2) is 75.2 Å². The number of aryl methyl sites for hydroxylation is 1. The van der Waals surface area contributed by atoms with Crippen molar-refractivity contribution >= 4 is 26.6 Å². The SMILES string of the molecule is Cc1cc(-c2[nH]c3ccc(C4CCN(C(C)CS(=O)(=O)N5CCCCC5)CC4)cc3c2C(C)C)cn2ncnc12. The van der Waals surface area contributed by atoms with Crippen LogP contribution in [0.5, 0.6) is 0 Å². The first kappa shape index (κ1) is 27.4. The maximum absolute atomic E-state index is 13.0. The highest BCUT2D eigenvalue weighted by Crippen LogP contribution is 2.39. The molecule has 0 bridgehead atoms. The van der Waals surface area contributed by atoms with Crippen LogP contribution >= 0.6 is 0 Å². The minimum Gasteiger partial charge on any atom is -0.354 e. The number of hydrogen-bond acceptors (Lipinski definition) is 5. The fraction of sp³-hybridized carbons (Fsp3) is 0.548. The Morgan fingerprint density at radius 3 is 2.50 bits per heavy atom. The quantitative estimate of drug-likeness (QED) is 0.313. The molecule has 0 radical (unpaired) electrons. The third-order valence-electron chi connectivity index (χ3n) is 9.07. The molecule has 0 spiro atoms. The molecule has 1 N–H and O–H groups in total. The van der Waals surface area contributed by atoms with Crippen LogP contribution in [0.15, 0.2) is 36.8 Å². The highest BCUT2D eigenvalue weighted by Gasteiger charge is 2.31. The van der Waals surface area contributed by atoms with E-state index in [1.807, 2.05) is 4.52 Å². The predicted molar refractivity (Wildman–Crippen MR) is 161 cm³/mol. The summed E-state index contributed by atoms with van der Waals surface area (Å²) in [5, 5.41) is 5.68. The lowest BCUT2D eigenvalue weighted by Crippen LogP contribution is -2.46. The fourth-order valence-corrected chi connectivity index (χ4v) is 8.72. The normalized spacial score (nSPS) is 19.2. The highest BCUT2D eigenvalue weighted by atomic mass is 32.2. The van der Waals surface area contributed by atoms with Gasteiger partial charge in [0.25, 0.3) is 0 Å². The van der Waals surface area contributed by atoms with Crippen LogP contribution in [0.1, 0.15) is 81.4 Å². The molecule has 3 aromatic heterocycles. The number of H-pyrrole nitrogens is 1. The van der Waals surface area contributed by atoms with Gasteiger partial charge in [0.2, 0.25) is 10.0 Å². The zero-order chi connectivity index (χ0) is 28.0. The van der Waals surface area contributed by atoms with Crippen LogP contribution in [0.4, 0.5) is 0 Å². The van der Waals surface area contributed by atoms with Gasteiger partial charge in [-0.3, -0.25) is 4.90 Å².